The lowest BCUT2D eigenvalue weighted by Gasteiger charge is -2.34. The minimum atomic E-state index is -0.924. The monoisotopic (exact) mass is 521 g/mol. The SMILES string of the molecule is C=Cc1cccc(C(C(=O)NCCCC)N(CCC)C(=O)C(Cc2ccccc2)NC(=O)OC(C)(C)C)c1. The predicted molar refractivity (Wildman–Crippen MR) is 152 cm³/mol. The Balaban J connectivity index is 2.50. The maximum Gasteiger partial charge on any atom is 0.408 e. The summed E-state index contributed by atoms with van der Waals surface area (Å²) in [6.07, 6.45) is 3.70. The van der Waals surface area contributed by atoms with Crippen molar-refractivity contribution >= 4 is 24.0 Å². The van der Waals surface area contributed by atoms with Crippen LogP contribution in [0.3, 0.4) is 0 Å². The molecule has 38 heavy (non-hydrogen) atoms. The van der Waals surface area contributed by atoms with Crippen molar-refractivity contribution in [2.75, 3.05) is 13.1 Å². The van der Waals surface area contributed by atoms with Crippen LogP contribution in [0.4, 0.5) is 4.79 Å². The van der Waals surface area contributed by atoms with Gasteiger partial charge in [0.2, 0.25) is 11.8 Å². The van der Waals surface area contributed by atoms with E-state index in [9.17, 15) is 14.4 Å². The molecule has 0 heterocycles. The number of nitrogens with zero attached hydrogens (tertiary/aromatic N) is 1. The molecule has 2 aromatic rings. The molecule has 0 spiro atoms. The maximum absolute atomic E-state index is 14.2. The molecule has 0 radical (unpaired) electrons. The average Bonchev–Trinajstić information content (AvgIpc) is 2.87. The first kappa shape index (κ1) is 30.6. The van der Waals surface area contributed by atoms with Crippen molar-refractivity contribution in [1.82, 2.24) is 15.5 Å². The van der Waals surface area contributed by atoms with E-state index in [2.05, 4.69) is 24.1 Å². The molecule has 206 valence electrons. The summed E-state index contributed by atoms with van der Waals surface area (Å²) < 4.78 is 5.47. The summed E-state index contributed by atoms with van der Waals surface area (Å²) in [5.74, 6) is -0.599. The summed E-state index contributed by atoms with van der Waals surface area (Å²) >= 11 is 0. The minimum Gasteiger partial charge on any atom is -0.444 e. The van der Waals surface area contributed by atoms with E-state index >= 15 is 0 Å². The molecule has 2 N–H and O–H groups in total. The molecule has 2 atom stereocenters. The number of hydrogen-bond acceptors (Lipinski definition) is 4. The third kappa shape index (κ3) is 9.69. The van der Waals surface area contributed by atoms with E-state index in [-0.39, 0.29) is 18.2 Å². The van der Waals surface area contributed by atoms with Crippen LogP contribution < -0.4 is 10.6 Å². The second-order valence-corrected chi connectivity index (χ2v) is 10.3. The lowest BCUT2D eigenvalue weighted by molar-refractivity contribution is -0.142. The van der Waals surface area contributed by atoms with Gasteiger partial charge in [-0.1, -0.05) is 81.5 Å². The first-order valence-electron chi connectivity index (χ1n) is 13.4. The fraction of sp³-hybridized carbons (Fsp3) is 0.452. The zero-order valence-electron chi connectivity index (χ0n) is 23.5. The minimum absolute atomic E-state index is 0.253. The lowest BCUT2D eigenvalue weighted by Crippen LogP contribution is -2.54. The van der Waals surface area contributed by atoms with Crippen molar-refractivity contribution < 1.29 is 19.1 Å². The third-order valence-electron chi connectivity index (χ3n) is 5.87. The Bertz CT molecular complexity index is 1060. The molecular formula is C31H43N3O4. The Hall–Kier alpha value is -3.61. The Morgan fingerprint density at radius 2 is 1.74 bits per heavy atom. The van der Waals surface area contributed by atoms with Crippen LogP contribution in [0, 0.1) is 0 Å². The second-order valence-electron chi connectivity index (χ2n) is 10.3. The number of alkyl carbamates (subject to hydrolysis) is 1. The largest absolute Gasteiger partial charge is 0.444 e. The van der Waals surface area contributed by atoms with Crippen molar-refractivity contribution in [3.63, 3.8) is 0 Å². The van der Waals surface area contributed by atoms with Crippen LogP contribution in [0.15, 0.2) is 61.2 Å². The highest BCUT2D eigenvalue weighted by atomic mass is 16.6. The smallest absolute Gasteiger partial charge is 0.408 e. The number of carbonyl (C=O) groups is 3. The van der Waals surface area contributed by atoms with Gasteiger partial charge < -0.3 is 20.3 Å². The maximum atomic E-state index is 14.2. The zero-order valence-corrected chi connectivity index (χ0v) is 23.5. The number of nitrogens with one attached hydrogen (secondary N) is 2. The molecule has 0 bridgehead atoms. The van der Waals surface area contributed by atoms with Gasteiger partial charge in [-0.3, -0.25) is 9.59 Å². The van der Waals surface area contributed by atoms with Crippen LogP contribution in [-0.4, -0.2) is 47.5 Å². The fourth-order valence-electron chi connectivity index (χ4n) is 4.12. The standard InChI is InChI=1S/C31H43N3O4/c1-7-10-19-32-28(35)27(25-18-14-17-23(9-3)21-25)34(20-8-2)29(36)26(22-24-15-12-11-13-16-24)33-30(37)38-31(4,5)6/h9,11-18,21,26-27H,3,7-8,10,19-20,22H2,1-2,4-6H3,(H,32,35)(H,33,37). The molecule has 7 nitrogen and oxygen atoms in total. The van der Waals surface area contributed by atoms with E-state index in [0.29, 0.717) is 25.1 Å². The fourth-order valence-corrected chi connectivity index (χ4v) is 4.12. The normalized spacial score (nSPS) is 12.7. The molecule has 2 rings (SSSR count). The van der Waals surface area contributed by atoms with Crippen molar-refractivity contribution in [2.24, 2.45) is 0 Å². The van der Waals surface area contributed by atoms with Crippen molar-refractivity contribution in [2.45, 2.75) is 78.0 Å². The van der Waals surface area contributed by atoms with Gasteiger partial charge in [0.1, 0.15) is 17.7 Å². The number of rotatable bonds is 13. The highest BCUT2D eigenvalue weighted by molar-refractivity contribution is 5.92. The second kappa shape index (κ2) is 15.0. The number of benzene rings is 2. The quantitative estimate of drug-likeness (QED) is 0.333. The summed E-state index contributed by atoms with van der Waals surface area (Å²) in [5, 5.41) is 5.78. The van der Waals surface area contributed by atoms with Crippen LogP contribution in [0.1, 0.15) is 76.6 Å². The highest BCUT2D eigenvalue weighted by Crippen LogP contribution is 2.25. The summed E-state index contributed by atoms with van der Waals surface area (Å²) in [7, 11) is 0. The topological polar surface area (TPSA) is 87.7 Å². The first-order chi connectivity index (χ1) is 18.1. The van der Waals surface area contributed by atoms with E-state index in [1.165, 1.54) is 0 Å². The van der Waals surface area contributed by atoms with Gasteiger partial charge in [0.05, 0.1) is 0 Å². The number of ether oxygens (including phenoxy) is 1. The number of unbranched alkanes of at least 4 members (excludes halogenated alkanes) is 1. The van der Waals surface area contributed by atoms with Crippen LogP contribution >= 0.6 is 0 Å². The van der Waals surface area contributed by atoms with Crippen molar-refractivity contribution in [1.29, 1.82) is 0 Å². The van der Waals surface area contributed by atoms with Crippen LogP contribution in [0.5, 0.6) is 0 Å². The molecule has 0 aliphatic heterocycles. The molecule has 0 fully saturated rings. The summed E-state index contributed by atoms with van der Waals surface area (Å²) in [6, 6.07) is 15.2. The Morgan fingerprint density at radius 1 is 1.03 bits per heavy atom. The molecule has 0 aliphatic carbocycles. The van der Waals surface area contributed by atoms with E-state index in [4.69, 9.17) is 4.74 Å². The number of amides is 3. The van der Waals surface area contributed by atoms with Gasteiger partial charge in [-0.2, -0.15) is 0 Å². The molecule has 0 aromatic heterocycles. The number of carbonyl (C=O) groups excluding carboxylic acids is 3. The molecule has 0 aliphatic rings. The zero-order chi connectivity index (χ0) is 28.1. The van der Waals surface area contributed by atoms with Gasteiger partial charge in [-0.25, -0.2) is 4.79 Å². The summed E-state index contributed by atoms with van der Waals surface area (Å²) in [4.78, 5) is 42.1. The first-order valence-corrected chi connectivity index (χ1v) is 13.4. The van der Waals surface area contributed by atoms with Gasteiger partial charge in [0.25, 0.3) is 0 Å². The van der Waals surface area contributed by atoms with Crippen molar-refractivity contribution in [3.8, 4) is 0 Å². The molecule has 0 saturated heterocycles. The van der Waals surface area contributed by atoms with E-state index in [1.807, 2.05) is 61.5 Å². The molecule has 7 heteroatoms. The van der Waals surface area contributed by atoms with Crippen LogP contribution in [0.25, 0.3) is 6.08 Å². The highest BCUT2D eigenvalue weighted by Gasteiger charge is 2.36. The molecule has 3 amide bonds. The molecule has 0 saturated carbocycles. The third-order valence-corrected chi connectivity index (χ3v) is 5.87. The summed E-state index contributed by atoms with van der Waals surface area (Å²) in [5.41, 5.74) is 1.70. The Labute approximate surface area is 227 Å². The number of hydrogen-bond donors (Lipinski definition) is 2. The Morgan fingerprint density at radius 3 is 2.34 bits per heavy atom. The molecule has 2 aromatic carbocycles. The van der Waals surface area contributed by atoms with Crippen LogP contribution in [-0.2, 0) is 20.7 Å². The van der Waals surface area contributed by atoms with Crippen molar-refractivity contribution in [3.05, 3.63) is 77.9 Å². The van der Waals surface area contributed by atoms with Gasteiger partial charge in [-0.05, 0) is 56.4 Å². The predicted octanol–water partition coefficient (Wildman–Crippen LogP) is 5.66. The lowest BCUT2D eigenvalue weighted by atomic mass is 9.98. The van der Waals surface area contributed by atoms with Gasteiger partial charge in [0.15, 0.2) is 0 Å². The van der Waals surface area contributed by atoms with E-state index in [0.717, 1.165) is 24.0 Å². The molecule has 2 unspecified atom stereocenters. The van der Waals surface area contributed by atoms with Crippen LogP contribution in [0.2, 0.25) is 0 Å². The molecular weight excluding hydrogens is 478 g/mol. The summed E-state index contributed by atoms with van der Waals surface area (Å²) in [6.45, 7) is 14.0. The average molecular weight is 522 g/mol. The van der Waals surface area contributed by atoms with Gasteiger partial charge in [-0.15, -0.1) is 0 Å². The van der Waals surface area contributed by atoms with Gasteiger partial charge >= 0.3 is 6.09 Å². The van der Waals surface area contributed by atoms with E-state index < -0.39 is 23.8 Å². The van der Waals surface area contributed by atoms with Gasteiger partial charge in [0, 0.05) is 19.5 Å². The Kier molecular flexibility index (Phi) is 12.1. The van der Waals surface area contributed by atoms with E-state index in [1.54, 1.807) is 31.7 Å².